The smallest absolute Gasteiger partial charge is 0.272 e. The van der Waals surface area contributed by atoms with Crippen molar-refractivity contribution in [1.29, 1.82) is 0 Å². The van der Waals surface area contributed by atoms with Crippen molar-refractivity contribution in [3.05, 3.63) is 126 Å². The van der Waals surface area contributed by atoms with E-state index in [0.29, 0.717) is 30.0 Å². The second-order valence-corrected chi connectivity index (χ2v) is 11.0. The molecule has 220 valence electrons. The molecule has 0 saturated heterocycles. The van der Waals surface area contributed by atoms with E-state index in [1.54, 1.807) is 36.4 Å². The minimum Gasteiger partial charge on any atom is -0.494 e. The molecule has 1 unspecified atom stereocenters. The number of aryl methyl sites for hydroxylation is 1. The largest absolute Gasteiger partial charge is 0.494 e. The number of anilines is 2. The number of hydrogen-bond acceptors (Lipinski definition) is 5. The first kappa shape index (κ1) is 31.1. The third-order valence-electron chi connectivity index (χ3n) is 6.38. The molecule has 0 aliphatic carbocycles. The van der Waals surface area contributed by atoms with Crippen molar-refractivity contribution < 1.29 is 19.1 Å². The first-order valence-corrected chi connectivity index (χ1v) is 15.0. The van der Waals surface area contributed by atoms with Gasteiger partial charge in [0.1, 0.15) is 11.4 Å². The second-order valence-electron chi connectivity index (χ2n) is 9.73. The lowest BCUT2D eigenvalue weighted by Crippen LogP contribution is -2.30. The predicted molar refractivity (Wildman–Crippen MR) is 174 cm³/mol. The molecule has 0 radical (unpaired) electrons. The Morgan fingerprint density at radius 2 is 1.53 bits per heavy atom. The van der Waals surface area contributed by atoms with E-state index in [4.69, 9.17) is 4.74 Å². The zero-order valence-corrected chi connectivity index (χ0v) is 25.2. The van der Waals surface area contributed by atoms with Crippen LogP contribution in [0.25, 0.3) is 6.08 Å². The maximum absolute atomic E-state index is 13.5. The second kappa shape index (κ2) is 15.4. The Kier molecular flexibility index (Phi) is 11.2. The molecule has 0 saturated carbocycles. The van der Waals surface area contributed by atoms with Gasteiger partial charge in [-0.05, 0) is 86.5 Å². The van der Waals surface area contributed by atoms with Gasteiger partial charge < -0.3 is 20.7 Å². The van der Waals surface area contributed by atoms with Crippen LogP contribution < -0.4 is 20.7 Å². The first-order chi connectivity index (χ1) is 20.8. The highest BCUT2D eigenvalue weighted by Crippen LogP contribution is 2.29. The highest BCUT2D eigenvalue weighted by molar-refractivity contribution is 8.00. The van der Waals surface area contributed by atoms with Crippen molar-refractivity contribution in [2.45, 2.75) is 37.3 Å². The van der Waals surface area contributed by atoms with Crippen LogP contribution in [0, 0.1) is 6.92 Å². The van der Waals surface area contributed by atoms with Crippen LogP contribution in [0.3, 0.4) is 0 Å². The third kappa shape index (κ3) is 9.34. The summed E-state index contributed by atoms with van der Waals surface area (Å²) in [6, 6.07) is 30.9. The highest BCUT2D eigenvalue weighted by atomic mass is 32.2. The number of amides is 3. The van der Waals surface area contributed by atoms with E-state index in [1.807, 2.05) is 93.6 Å². The zero-order valence-electron chi connectivity index (χ0n) is 24.4. The number of benzene rings is 4. The fourth-order valence-corrected chi connectivity index (χ4v) is 5.14. The third-order valence-corrected chi connectivity index (χ3v) is 7.74. The standard InChI is InChI=1S/C35H35N3O4S/c1-4-32(35(41)36-27-18-14-24(3)15-19-27)43-30-13-9-12-28(23-30)37-34(40)31(38-33(39)26-10-7-6-8-11-26)22-25-16-20-29(21-17-25)42-5-2/h6-23,32H,4-5H2,1-3H3,(H,36,41)(H,37,40)(H,38,39)/b31-22+. The Labute approximate surface area is 256 Å². The van der Waals surface area contributed by atoms with Gasteiger partial charge in [-0.1, -0.05) is 61.0 Å². The van der Waals surface area contributed by atoms with E-state index in [-0.39, 0.29) is 16.9 Å². The lowest BCUT2D eigenvalue weighted by Gasteiger charge is -2.16. The van der Waals surface area contributed by atoms with E-state index in [9.17, 15) is 14.4 Å². The van der Waals surface area contributed by atoms with Crippen LogP contribution >= 0.6 is 11.8 Å². The summed E-state index contributed by atoms with van der Waals surface area (Å²) in [7, 11) is 0. The first-order valence-electron chi connectivity index (χ1n) is 14.1. The molecule has 4 rings (SSSR count). The molecule has 0 heterocycles. The quantitative estimate of drug-likeness (QED) is 0.118. The van der Waals surface area contributed by atoms with Crippen LogP contribution in [-0.4, -0.2) is 29.6 Å². The summed E-state index contributed by atoms with van der Waals surface area (Å²) in [6.07, 6.45) is 2.24. The lowest BCUT2D eigenvalue weighted by molar-refractivity contribution is -0.116. The maximum Gasteiger partial charge on any atom is 0.272 e. The molecule has 4 aromatic rings. The van der Waals surface area contributed by atoms with E-state index < -0.39 is 11.8 Å². The molecule has 0 aromatic heterocycles. The normalized spacial score (nSPS) is 11.7. The number of carbonyl (C=O) groups is 3. The number of rotatable bonds is 12. The lowest BCUT2D eigenvalue weighted by atomic mass is 10.1. The summed E-state index contributed by atoms with van der Waals surface area (Å²) >= 11 is 1.43. The van der Waals surface area contributed by atoms with Crippen molar-refractivity contribution in [3.8, 4) is 5.75 Å². The van der Waals surface area contributed by atoms with Gasteiger partial charge in [0.2, 0.25) is 5.91 Å². The molecule has 8 heteroatoms. The molecule has 1 atom stereocenters. The SMILES string of the molecule is CCOc1ccc(/C=C(/NC(=O)c2ccccc2)C(=O)Nc2cccc(SC(CC)C(=O)Nc3ccc(C)cc3)c2)cc1. The summed E-state index contributed by atoms with van der Waals surface area (Å²) in [5.41, 5.74) is 3.64. The van der Waals surface area contributed by atoms with Crippen molar-refractivity contribution >= 4 is 46.9 Å². The van der Waals surface area contributed by atoms with Crippen molar-refractivity contribution in [3.63, 3.8) is 0 Å². The Morgan fingerprint density at radius 3 is 2.21 bits per heavy atom. The van der Waals surface area contributed by atoms with Crippen LogP contribution in [0.15, 0.2) is 114 Å². The molecule has 3 amide bonds. The highest BCUT2D eigenvalue weighted by Gasteiger charge is 2.19. The number of ether oxygens (including phenoxy) is 1. The van der Waals surface area contributed by atoms with Crippen molar-refractivity contribution in [1.82, 2.24) is 5.32 Å². The van der Waals surface area contributed by atoms with E-state index in [1.165, 1.54) is 11.8 Å². The molecule has 43 heavy (non-hydrogen) atoms. The molecule has 0 aliphatic heterocycles. The van der Waals surface area contributed by atoms with Gasteiger partial charge in [-0.2, -0.15) is 0 Å². The monoisotopic (exact) mass is 593 g/mol. The Morgan fingerprint density at radius 1 is 0.814 bits per heavy atom. The Balaban J connectivity index is 1.50. The van der Waals surface area contributed by atoms with Gasteiger partial charge in [0, 0.05) is 21.8 Å². The van der Waals surface area contributed by atoms with Gasteiger partial charge in [-0.15, -0.1) is 11.8 Å². The van der Waals surface area contributed by atoms with Crippen molar-refractivity contribution in [2.24, 2.45) is 0 Å². The fourth-order valence-electron chi connectivity index (χ4n) is 4.13. The molecule has 0 bridgehead atoms. The molecule has 0 fully saturated rings. The van der Waals surface area contributed by atoms with Gasteiger partial charge in [0.05, 0.1) is 11.9 Å². The van der Waals surface area contributed by atoms with Crippen molar-refractivity contribution in [2.75, 3.05) is 17.2 Å². The van der Waals surface area contributed by atoms with Gasteiger partial charge >= 0.3 is 0 Å². The van der Waals surface area contributed by atoms with Crippen LogP contribution in [0.5, 0.6) is 5.75 Å². The van der Waals surface area contributed by atoms with Gasteiger partial charge in [-0.3, -0.25) is 14.4 Å². The van der Waals surface area contributed by atoms with Gasteiger partial charge in [0.25, 0.3) is 11.8 Å². The minimum atomic E-state index is -0.482. The van der Waals surface area contributed by atoms with E-state index >= 15 is 0 Å². The fraction of sp³-hybridized carbons (Fsp3) is 0.171. The molecule has 0 spiro atoms. The molecule has 4 aromatic carbocycles. The predicted octanol–water partition coefficient (Wildman–Crippen LogP) is 7.31. The molecule has 3 N–H and O–H groups in total. The number of nitrogens with one attached hydrogen (secondary N) is 3. The zero-order chi connectivity index (χ0) is 30.6. The molecular weight excluding hydrogens is 558 g/mol. The van der Waals surface area contributed by atoms with Crippen LogP contribution in [0.2, 0.25) is 0 Å². The summed E-state index contributed by atoms with van der Waals surface area (Å²) in [4.78, 5) is 40.3. The average Bonchev–Trinajstić information content (AvgIpc) is 3.02. The Hall–Kier alpha value is -4.82. The maximum atomic E-state index is 13.5. The molecule has 0 aliphatic rings. The number of hydrogen-bond donors (Lipinski definition) is 3. The van der Waals surface area contributed by atoms with E-state index in [0.717, 1.165) is 21.7 Å². The number of carbonyl (C=O) groups excluding carboxylic acids is 3. The molecular formula is C35H35N3O4S. The summed E-state index contributed by atoms with van der Waals surface area (Å²) in [6.45, 7) is 6.42. The van der Waals surface area contributed by atoms with Crippen LogP contribution in [0.1, 0.15) is 41.8 Å². The van der Waals surface area contributed by atoms with Crippen LogP contribution in [0.4, 0.5) is 11.4 Å². The molecule has 7 nitrogen and oxygen atoms in total. The van der Waals surface area contributed by atoms with Crippen LogP contribution in [-0.2, 0) is 9.59 Å². The topological polar surface area (TPSA) is 96.5 Å². The summed E-state index contributed by atoms with van der Waals surface area (Å²) in [5.74, 6) is -0.256. The van der Waals surface area contributed by atoms with Gasteiger partial charge in [0.15, 0.2) is 0 Å². The van der Waals surface area contributed by atoms with E-state index in [2.05, 4.69) is 16.0 Å². The summed E-state index contributed by atoms with van der Waals surface area (Å²) in [5, 5.41) is 8.31. The summed E-state index contributed by atoms with van der Waals surface area (Å²) < 4.78 is 5.51. The minimum absolute atomic E-state index is 0.0833. The Bertz CT molecular complexity index is 1570. The average molecular weight is 594 g/mol. The number of thioether (sulfide) groups is 1. The van der Waals surface area contributed by atoms with Gasteiger partial charge in [-0.25, -0.2) is 0 Å².